The Balaban J connectivity index is 1.14. The lowest BCUT2D eigenvalue weighted by Crippen LogP contribution is -2.55. The maximum atomic E-state index is 6.46. The summed E-state index contributed by atoms with van der Waals surface area (Å²) >= 11 is 14.7. The third kappa shape index (κ3) is 4.75. The lowest BCUT2D eigenvalue weighted by Gasteiger charge is -2.48. The molecule has 186 valence electrons. The normalized spacial score (nSPS) is 25.1. The van der Waals surface area contributed by atoms with E-state index < -0.39 is 0 Å². The molecule has 7 nitrogen and oxygen atoms in total. The van der Waals surface area contributed by atoms with Gasteiger partial charge >= 0.3 is 0 Å². The standard InChI is InChI=1S/C25H31Cl2N7S/c1-16(21-7-6-19(26)10-22(21)27)34-25-24(30-31-34)28-11-23(29-25)33-13-18(14-33)17-4-2-8-32(12-17)20-5-3-9-35-15-20/h6-7,10-11,16-18,20H,2-5,8-9,12-15H2,1H3/t16-,17+,20?/m1/s1. The van der Waals surface area contributed by atoms with E-state index in [4.69, 9.17) is 28.2 Å². The Morgan fingerprint density at radius 2 is 1.97 bits per heavy atom. The van der Waals surface area contributed by atoms with Crippen LogP contribution in [0.1, 0.15) is 44.2 Å². The topological polar surface area (TPSA) is 63.0 Å². The van der Waals surface area contributed by atoms with Crippen LogP contribution in [0.2, 0.25) is 10.0 Å². The highest BCUT2D eigenvalue weighted by molar-refractivity contribution is 7.99. The number of benzene rings is 1. The molecular weight excluding hydrogens is 501 g/mol. The monoisotopic (exact) mass is 531 g/mol. The maximum Gasteiger partial charge on any atom is 0.221 e. The van der Waals surface area contributed by atoms with Crippen LogP contribution in [0.25, 0.3) is 11.3 Å². The van der Waals surface area contributed by atoms with Crippen LogP contribution in [0.3, 0.4) is 0 Å². The van der Waals surface area contributed by atoms with Gasteiger partial charge in [-0.2, -0.15) is 11.8 Å². The summed E-state index contributed by atoms with van der Waals surface area (Å²) in [6, 6.07) is 6.19. The molecular formula is C25H31Cl2N7S. The number of hydrogen-bond acceptors (Lipinski definition) is 7. The zero-order chi connectivity index (χ0) is 23.9. The maximum absolute atomic E-state index is 6.46. The molecule has 3 aliphatic rings. The van der Waals surface area contributed by atoms with Gasteiger partial charge in [0.2, 0.25) is 11.3 Å². The van der Waals surface area contributed by atoms with E-state index in [1.165, 1.54) is 50.3 Å². The van der Waals surface area contributed by atoms with Crippen molar-refractivity contribution in [3.05, 3.63) is 40.0 Å². The lowest BCUT2D eigenvalue weighted by atomic mass is 9.80. The first-order valence-corrected chi connectivity index (χ1v) is 14.6. The Morgan fingerprint density at radius 1 is 1.09 bits per heavy atom. The highest BCUT2D eigenvalue weighted by Gasteiger charge is 2.38. The summed E-state index contributed by atoms with van der Waals surface area (Å²) in [5, 5.41) is 9.81. The van der Waals surface area contributed by atoms with Crippen LogP contribution >= 0.6 is 35.0 Å². The van der Waals surface area contributed by atoms with Crippen molar-refractivity contribution in [2.75, 3.05) is 42.6 Å². The third-order valence-electron chi connectivity index (χ3n) is 8.00. The van der Waals surface area contributed by atoms with E-state index in [2.05, 4.69) is 36.9 Å². The molecule has 0 amide bonds. The first-order chi connectivity index (χ1) is 17.1. The summed E-state index contributed by atoms with van der Waals surface area (Å²) in [6.07, 6.45) is 7.29. The summed E-state index contributed by atoms with van der Waals surface area (Å²) in [7, 11) is 0. The fourth-order valence-corrected chi connectivity index (χ4v) is 7.63. The van der Waals surface area contributed by atoms with E-state index in [0.717, 1.165) is 42.3 Å². The zero-order valence-electron chi connectivity index (χ0n) is 20.0. The van der Waals surface area contributed by atoms with Gasteiger partial charge in [0.15, 0.2) is 0 Å². The van der Waals surface area contributed by atoms with Gasteiger partial charge in [0.25, 0.3) is 0 Å². The van der Waals surface area contributed by atoms with Crippen LogP contribution in [-0.4, -0.2) is 73.6 Å². The molecule has 3 saturated heterocycles. The Hall–Kier alpha value is -1.61. The van der Waals surface area contributed by atoms with Gasteiger partial charge in [-0.1, -0.05) is 34.5 Å². The first kappa shape index (κ1) is 23.8. The summed E-state index contributed by atoms with van der Waals surface area (Å²) in [5.41, 5.74) is 2.16. The highest BCUT2D eigenvalue weighted by atomic mass is 35.5. The van der Waals surface area contributed by atoms with E-state index in [-0.39, 0.29) is 6.04 Å². The predicted molar refractivity (Wildman–Crippen MR) is 144 cm³/mol. The van der Waals surface area contributed by atoms with Crippen molar-refractivity contribution in [1.82, 2.24) is 29.9 Å². The molecule has 6 rings (SSSR count). The zero-order valence-corrected chi connectivity index (χ0v) is 22.3. The summed E-state index contributed by atoms with van der Waals surface area (Å²) < 4.78 is 1.80. The van der Waals surface area contributed by atoms with Crippen LogP contribution in [0.4, 0.5) is 5.82 Å². The second-order valence-corrected chi connectivity index (χ2v) is 12.2. The van der Waals surface area contributed by atoms with E-state index in [1.54, 1.807) is 10.7 Å². The third-order valence-corrected chi connectivity index (χ3v) is 9.76. The van der Waals surface area contributed by atoms with Crippen LogP contribution in [-0.2, 0) is 0 Å². The van der Waals surface area contributed by atoms with E-state index in [0.29, 0.717) is 21.3 Å². The molecule has 0 aliphatic carbocycles. The van der Waals surface area contributed by atoms with Gasteiger partial charge < -0.3 is 4.90 Å². The molecule has 0 radical (unpaired) electrons. The minimum Gasteiger partial charge on any atom is -0.355 e. The Bertz CT molecular complexity index is 1190. The minimum absolute atomic E-state index is 0.135. The van der Waals surface area contributed by atoms with Crippen LogP contribution in [0.5, 0.6) is 0 Å². The summed E-state index contributed by atoms with van der Waals surface area (Å²) in [4.78, 5) is 14.6. The highest BCUT2D eigenvalue weighted by Crippen LogP contribution is 2.36. The predicted octanol–water partition coefficient (Wildman–Crippen LogP) is 5.18. The average Bonchev–Trinajstić information content (AvgIpc) is 3.27. The molecule has 5 heterocycles. The van der Waals surface area contributed by atoms with Gasteiger partial charge in [0.05, 0.1) is 12.2 Å². The van der Waals surface area contributed by atoms with Crippen molar-refractivity contribution >= 4 is 52.1 Å². The number of nitrogens with zero attached hydrogens (tertiary/aromatic N) is 7. The molecule has 0 spiro atoms. The number of halogens is 2. The van der Waals surface area contributed by atoms with Crippen LogP contribution < -0.4 is 4.90 Å². The number of aromatic nitrogens is 5. The fourth-order valence-electron chi connectivity index (χ4n) is 5.87. The van der Waals surface area contributed by atoms with Crippen molar-refractivity contribution in [3.63, 3.8) is 0 Å². The number of rotatable bonds is 5. The molecule has 3 aliphatic heterocycles. The number of anilines is 1. The molecule has 2 aromatic heterocycles. The Morgan fingerprint density at radius 3 is 2.77 bits per heavy atom. The first-order valence-electron chi connectivity index (χ1n) is 12.7. The summed E-state index contributed by atoms with van der Waals surface area (Å²) in [6.45, 7) is 6.70. The van der Waals surface area contributed by atoms with Crippen LogP contribution in [0, 0.1) is 11.8 Å². The van der Waals surface area contributed by atoms with Crippen molar-refractivity contribution in [1.29, 1.82) is 0 Å². The van der Waals surface area contributed by atoms with Gasteiger partial charge in [-0.15, -0.1) is 5.10 Å². The molecule has 0 saturated carbocycles. The number of fused-ring (bicyclic) bond motifs is 1. The largest absolute Gasteiger partial charge is 0.355 e. The second-order valence-electron chi connectivity index (χ2n) is 10.2. The van der Waals surface area contributed by atoms with Gasteiger partial charge in [0, 0.05) is 41.5 Å². The molecule has 35 heavy (non-hydrogen) atoms. The van der Waals surface area contributed by atoms with E-state index in [9.17, 15) is 0 Å². The van der Waals surface area contributed by atoms with Crippen molar-refractivity contribution in [2.45, 2.75) is 44.7 Å². The van der Waals surface area contributed by atoms with Gasteiger partial charge in [-0.3, -0.25) is 4.90 Å². The quantitative estimate of drug-likeness (QED) is 0.449. The molecule has 0 N–H and O–H groups in total. The minimum atomic E-state index is -0.135. The van der Waals surface area contributed by atoms with Crippen molar-refractivity contribution in [3.8, 4) is 0 Å². The van der Waals surface area contributed by atoms with E-state index in [1.807, 2.05) is 25.3 Å². The Kier molecular flexibility index (Phi) is 6.82. The van der Waals surface area contributed by atoms with Crippen molar-refractivity contribution < 1.29 is 0 Å². The van der Waals surface area contributed by atoms with Gasteiger partial charge in [-0.25, -0.2) is 14.6 Å². The van der Waals surface area contributed by atoms with Crippen molar-refractivity contribution in [2.24, 2.45) is 11.8 Å². The fraction of sp³-hybridized carbons (Fsp3) is 0.600. The Labute approximate surface area is 220 Å². The molecule has 10 heteroatoms. The van der Waals surface area contributed by atoms with Gasteiger partial charge in [0.1, 0.15) is 5.82 Å². The smallest absolute Gasteiger partial charge is 0.221 e. The SMILES string of the molecule is C[C@H](c1ccc(Cl)cc1Cl)n1nnc2ncc(N3CC([C@H]4CCCN(C5CCCSC5)C4)C3)nc21. The molecule has 3 atom stereocenters. The van der Waals surface area contributed by atoms with Gasteiger partial charge in [-0.05, 0) is 74.4 Å². The number of likely N-dealkylation sites (tertiary alicyclic amines) is 1. The molecule has 0 bridgehead atoms. The number of thioether (sulfide) groups is 1. The lowest BCUT2D eigenvalue weighted by molar-refractivity contribution is 0.0875. The molecule has 1 aromatic carbocycles. The molecule has 1 unspecified atom stereocenters. The number of piperidine rings is 1. The van der Waals surface area contributed by atoms with Crippen LogP contribution in [0.15, 0.2) is 24.4 Å². The number of hydrogen-bond donors (Lipinski definition) is 0. The van der Waals surface area contributed by atoms with E-state index >= 15 is 0 Å². The summed E-state index contributed by atoms with van der Waals surface area (Å²) in [5.74, 6) is 5.10. The molecule has 3 fully saturated rings. The molecule has 3 aromatic rings. The average molecular weight is 533 g/mol. The second kappa shape index (κ2) is 10.0.